The highest BCUT2D eigenvalue weighted by Gasteiger charge is 2.32. The van der Waals surface area contributed by atoms with Crippen LogP contribution < -0.4 is 10.5 Å². The van der Waals surface area contributed by atoms with E-state index >= 15 is 0 Å². The van der Waals surface area contributed by atoms with Gasteiger partial charge in [-0.15, -0.1) is 0 Å². The van der Waals surface area contributed by atoms with Gasteiger partial charge >= 0.3 is 0 Å². The predicted molar refractivity (Wildman–Crippen MR) is 106 cm³/mol. The number of phenols is 1. The van der Waals surface area contributed by atoms with E-state index in [1.54, 1.807) is 0 Å². The number of aliphatic hydroxyl groups is 1. The zero-order chi connectivity index (χ0) is 21.3. The third-order valence-electron chi connectivity index (χ3n) is 3.92. The molecule has 1 aliphatic heterocycles. The average Bonchev–Trinajstić information content (AvgIpc) is 2.94. The van der Waals surface area contributed by atoms with Gasteiger partial charge in [0.25, 0.3) is 11.1 Å². The normalized spacial score (nSPS) is 16.6. The fraction of sp³-hybridized carbons (Fsp3) is 0.176. The number of carbonyl (C=O) groups is 2. The molecule has 2 amide bonds. The summed E-state index contributed by atoms with van der Waals surface area (Å²) < 4.78 is 19.6. The monoisotopic (exact) mass is 484 g/mol. The van der Waals surface area contributed by atoms with Gasteiger partial charge in [0.15, 0.2) is 17.3 Å². The molecule has 9 nitrogen and oxygen atoms in total. The second-order valence-electron chi connectivity index (χ2n) is 5.88. The maximum atomic E-state index is 14.4. The first-order valence-corrected chi connectivity index (χ1v) is 9.60. The number of ether oxygens (including phenoxy) is 1. The molecule has 1 unspecified atom stereocenters. The van der Waals surface area contributed by atoms with Gasteiger partial charge < -0.3 is 20.7 Å². The number of aromatic hydroxyl groups is 1. The van der Waals surface area contributed by atoms with Gasteiger partial charge in [-0.25, -0.2) is 14.4 Å². The van der Waals surface area contributed by atoms with Crippen LogP contribution in [0.4, 0.5) is 15.1 Å². The molecule has 29 heavy (non-hydrogen) atoms. The molecule has 1 saturated heterocycles. The van der Waals surface area contributed by atoms with Crippen molar-refractivity contribution in [2.24, 2.45) is 0 Å². The Morgan fingerprint density at radius 1 is 1.41 bits per heavy atom. The number of nitrogens with zero attached hydrogens (tertiary/aromatic N) is 3. The molecule has 0 radical (unpaired) electrons. The van der Waals surface area contributed by atoms with Crippen molar-refractivity contribution in [2.75, 3.05) is 19.4 Å². The molecular weight excluding hydrogens is 471 g/mol. The lowest BCUT2D eigenvalue weighted by Crippen LogP contribution is -2.22. The van der Waals surface area contributed by atoms with Crippen molar-refractivity contribution >= 4 is 50.9 Å². The summed E-state index contributed by atoms with van der Waals surface area (Å²) in [6.07, 6.45) is 2.76. The third-order valence-corrected chi connectivity index (χ3v) is 5.69. The van der Waals surface area contributed by atoms with Gasteiger partial charge in [0.1, 0.15) is 12.7 Å². The van der Waals surface area contributed by atoms with Gasteiger partial charge in [-0.3, -0.25) is 14.5 Å². The number of hydrogen-bond donors (Lipinski definition) is 3. The van der Waals surface area contributed by atoms with E-state index in [-0.39, 0.29) is 33.2 Å². The number of benzene rings is 1. The Kier molecular flexibility index (Phi) is 6.05. The zero-order valence-electron chi connectivity index (χ0n) is 14.8. The molecule has 1 fully saturated rings. The topological polar surface area (TPSA) is 139 Å². The fourth-order valence-corrected chi connectivity index (χ4v) is 3.53. The second-order valence-corrected chi connectivity index (χ2v) is 7.67. The van der Waals surface area contributed by atoms with Crippen LogP contribution in [0.3, 0.4) is 0 Å². The summed E-state index contributed by atoms with van der Waals surface area (Å²) in [5.74, 6) is -2.55. The number of halogens is 2. The maximum Gasteiger partial charge on any atom is 0.293 e. The number of hydrogen-bond acceptors (Lipinski definition) is 9. The van der Waals surface area contributed by atoms with Gasteiger partial charge in [0, 0.05) is 25.0 Å². The maximum absolute atomic E-state index is 14.4. The quantitative estimate of drug-likeness (QED) is 0.545. The van der Waals surface area contributed by atoms with E-state index in [1.165, 1.54) is 31.6 Å². The van der Waals surface area contributed by atoms with Crippen LogP contribution in [0.5, 0.6) is 11.5 Å². The van der Waals surface area contributed by atoms with Gasteiger partial charge in [0.2, 0.25) is 5.95 Å². The number of aromatic nitrogens is 2. The molecule has 12 heteroatoms. The summed E-state index contributed by atoms with van der Waals surface area (Å²) >= 11 is 3.72. The number of imide groups is 1. The lowest BCUT2D eigenvalue weighted by atomic mass is 10.1. The summed E-state index contributed by atoms with van der Waals surface area (Å²) in [6.45, 7) is -0.340. The van der Waals surface area contributed by atoms with Gasteiger partial charge in [-0.2, -0.15) is 0 Å². The number of amides is 2. The van der Waals surface area contributed by atoms with Crippen LogP contribution in [0, 0.1) is 5.82 Å². The molecule has 1 aromatic heterocycles. The molecule has 0 bridgehead atoms. The van der Waals surface area contributed by atoms with Gasteiger partial charge in [-0.05, 0) is 45.4 Å². The fourth-order valence-electron chi connectivity index (χ4n) is 2.30. The molecule has 2 aromatic rings. The van der Waals surface area contributed by atoms with Crippen molar-refractivity contribution in [3.8, 4) is 11.5 Å². The number of nitrogens with two attached hydrogens (primary N) is 1. The minimum atomic E-state index is -1.17. The molecule has 1 aliphatic rings. The SMILES string of the molecule is CN1C(=O)S/C(=C\c2cc(OCC(O)c3cnc(N)nc3)c(O)c(F)c2Br)C1=O. The number of rotatable bonds is 5. The summed E-state index contributed by atoms with van der Waals surface area (Å²) in [7, 11) is 1.34. The van der Waals surface area contributed by atoms with Gasteiger partial charge in [0.05, 0.1) is 9.38 Å². The van der Waals surface area contributed by atoms with Crippen molar-refractivity contribution in [3.63, 3.8) is 0 Å². The number of likely N-dealkylation sites (N-methyl/N-ethyl adjacent to an activating group) is 1. The smallest absolute Gasteiger partial charge is 0.293 e. The van der Waals surface area contributed by atoms with E-state index in [9.17, 15) is 24.2 Å². The average molecular weight is 485 g/mol. The number of phenolic OH excluding ortho intramolecular Hbond substituents is 1. The van der Waals surface area contributed by atoms with Crippen LogP contribution >= 0.6 is 27.7 Å². The van der Waals surface area contributed by atoms with Crippen LogP contribution in [0.2, 0.25) is 0 Å². The number of aliphatic hydroxyl groups excluding tert-OH is 1. The minimum absolute atomic E-state index is 0.0376. The van der Waals surface area contributed by atoms with Crippen LogP contribution in [0.25, 0.3) is 6.08 Å². The predicted octanol–water partition coefficient (Wildman–Crippen LogP) is 2.44. The van der Waals surface area contributed by atoms with E-state index in [0.29, 0.717) is 17.3 Å². The molecule has 2 heterocycles. The van der Waals surface area contributed by atoms with E-state index in [0.717, 1.165) is 4.90 Å². The Labute approximate surface area is 176 Å². The van der Waals surface area contributed by atoms with Crippen LogP contribution in [-0.4, -0.2) is 49.9 Å². The van der Waals surface area contributed by atoms with Crippen molar-refractivity contribution in [1.29, 1.82) is 0 Å². The first-order valence-electron chi connectivity index (χ1n) is 7.99. The van der Waals surface area contributed by atoms with Gasteiger partial charge in [-0.1, -0.05) is 0 Å². The van der Waals surface area contributed by atoms with Crippen LogP contribution in [0.1, 0.15) is 17.2 Å². The molecule has 1 atom stereocenters. The zero-order valence-corrected chi connectivity index (χ0v) is 17.2. The third kappa shape index (κ3) is 4.33. The standard InChI is InChI=1S/C17H14BrFN4O5S/c1-23-15(26)11(29-17(23)27)3-7-2-10(14(25)13(19)12(7)18)28-6-9(24)8-4-21-16(20)22-5-8/h2-5,9,24-25H,6H2,1H3,(H2,20,21,22)/b11-3-. The van der Waals surface area contributed by atoms with E-state index in [4.69, 9.17) is 10.5 Å². The molecule has 1 aromatic carbocycles. The molecule has 0 saturated carbocycles. The number of carbonyl (C=O) groups excluding carboxylic acids is 2. The minimum Gasteiger partial charge on any atom is -0.502 e. The van der Waals surface area contributed by atoms with Crippen molar-refractivity contribution < 1.29 is 28.9 Å². The van der Waals surface area contributed by atoms with Crippen molar-refractivity contribution in [3.05, 3.63) is 44.8 Å². The molecule has 3 rings (SSSR count). The van der Waals surface area contributed by atoms with Crippen molar-refractivity contribution in [2.45, 2.75) is 6.10 Å². The Bertz CT molecular complexity index is 1020. The Balaban J connectivity index is 1.85. The molecule has 4 N–H and O–H groups in total. The first kappa shape index (κ1) is 21.0. The Morgan fingerprint density at radius 2 is 2.07 bits per heavy atom. The number of thioether (sulfide) groups is 1. The molecule has 152 valence electrons. The summed E-state index contributed by atoms with van der Waals surface area (Å²) in [6, 6.07) is 1.28. The van der Waals surface area contributed by atoms with E-state index in [1.807, 2.05) is 0 Å². The Hall–Kier alpha value is -2.70. The number of nitrogen functional groups attached to an aromatic ring is 1. The van der Waals surface area contributed by atoms with Crippen molar-refractivity contribution in [1.82, 2.24) is 14.9 Å². The molecule has 0 aliphatic carbocycles. The largest absolute Gasteiger partial charge is 0.502 e. The highest BCUT2D eigenvalue weighted by molar-refractivity contribution is 9.10. The summed E-state index contributed by atoms with van der Waals surface area (Å²) in [4.78, 5) is 32.2. The van der Waals surface area contributed by atoms with Crippen LogP contribution in [0.15, 0.2) is 27.8 Å². The highest BCUT2D eigenvalue weighted by Crippen LogP contribution is 2.40. The number of anilines is 1. The second kappa shape index (κ2) is 8.35. The molecule has 0 spiro atoms. The summed E-state index contributed by atoms with van der Waals surface area (Å²) in [5.41, 5.74) is 5.86. The lowest BCUT2D eigenvalue weighted by Gasteiger charge is -2.15. The lowest BCUT2D eigenvalue weighted by molar-refractivity contribution is -0.121. The first-order chi connectivity index (χ1) is 13.7. The van der Waals surface area contributed by atoms with E-state index in [2.05, 4.69) is 25.9 Å². The molecular formula is C17H14BrFN4O5S. The van der Waals surface area contributed by atoms with Crippen LogP contribution in [-0.2, 0) is 4.79 Å². The van der Waals surface area contributed by atoms with E-state index < -0.39 is 28.8 Å². The summed E-state index contributed by atoms with van der Waals surface area (Å²) in [5, 5.41) is 19.7. The Morgan fingerprint density at radius 3 is 2.66 bits per heavy atom. The highest BCUT2D eigenvalue weighted by atomic mass is 79.9.